The van der Waals surface area contributed by atoms with Gasteiger partial charge in [-0.15, -0.1) is 0 Å². The molecule has 0 aliphatic carbocycles. The first-order chi connectivity index (χ1) is 8.77. The fourth-order valence-corrected chi connectivity index (χ4v) is 2.48. The van der Waals surface area contributed by atoms with Crippen LogP contribution in [-0.2, 0) is 0 Å². The molecule has 1 atom stereocenters. The number of hydrogen-bond donors (Lipinski definition) is 2. The first-order valence-electron chi connectivity index (χ1n) is 6.17. The number of aromatic nitrogens is 2. The molecule has 1 aromatic carbocycles. The van der Waals surface area contributed by atoms with Crippen LogP contribution in [0, 0.1) is 0 Å². The summed E-state index contributed by atoms with van der Waals surface area (Å²) < 4.78 is 1.67. The highest BCUT2D eigenvalue weighted by Gasteiger charge is 2.17. The number of piperidine rings is 1. The minimum atomic E-state index is -0.0791. The average molecular weight is 245 g/mol. The summed E-state index contributed by atoms with van der Waals surface area (Å²) in [4.78, 5) is 16.6. The Morgan fingerprint density at radius 1 is 1.44 bits per heavy atom. The molecule has 5 heteroatoms. The average Bonchev–Trinajstić information content (AvgIpc) is 2.41. The Kier molecular flexibility index (Phi) is 2.76. The maximum absolute atomic E-state index is 12.4. The standard InChI is InChI=1S/C13H15N3O2/c17-11-5-1-4-10-12(11)15-8-16(13(10)18)9-3-2-6-14-7-9/h1,4-5,8-9,14,17H,2-3,6-7H2. The van der Waals surface area contributed by atoms with Crippen molar-refractivity contribution in [1.29, 1.82) is 0 Å². The molecule has 0 spiro atoms. The smallest absolute Gasteiger partial charge is 0.261 e. The van der Waals surface area contributed by atoms with E-state index in [9.17, 15) is 9.90 Å². The number of nitrogens with one attached hydrogen (secondary N) is 1. The van der Waals surface area contributed by atoms with Crippen LogP contribution in [-0.4, -0.2) is 27.7 Å². The number of hydrogen-bond acceptors (Lipinski definition) is 4. The van der Waals surface area contributed by atoms with Crippen LogP contribution in [0.15, 0.2) is 29.3 Å². The largest absolute Gasteiger partial charge is 0.506 e. The fourth-order valence-electron chi connectivity index (χ4n) is 2.48. The summed E-state index contributed by atoms with van der Waals surface area (Å²) in [5, 5.41) is 13.4. The summed E-state index contributed by atoms with van der Waals surface area (Å²) in [6.45, 7) is 1.80. The van der Waals surface area contributed by atoms with Crippen LogP contribution < -0.4 is 10.9 Å². The van der Waals surface area contributed by atoms with Crippen molar-refractivity contribution in [2.24, 2.45) is 0 Å². The summed E-state index contributed by atoms with van der Waals surface area (Å²) >= 11 is 0. The first kappa shape index (κ1) is 11.2. The molecule has 1 aliphatic rings. The zero-order valence-electron chi connectivity index (χ0n) is 9.97. The Bertz CT molecular complexity index is 630. The molecule has 2 heterocycles. The van der Waals surface area contributed by atoms with Crippen molar-refractivity contribution in [1.82, 2.24) is 14.9 Å². The summed E-state index contributed by atoms with van der Waals surface area (Å²) in [6, 6.07) is 5.08. The molecule has 2 aromatic rings. The van der Waals surface area contributed by atoms with Crippen molar-refractivity contribution in [2.45, 2.75) is 18.9 Å². The Labute approximate surface area is 104 Å². The summed E-state index contributed by atoms with van der Waals surface area (Å²) in [6.07, 6.45) is 3.59. The van der Waals surface area contributed by atoms with Crippen molar-refractivity contribution in [3.8, 4) is 5.75 Å². The number of para-hydroxylation sites is 1. The van der Waals surface area contributed by atoms with E-state index in [1.807, 2.05) is 0 Å². The van der Waals surface area contributed by atoms with Crippen LogP contribution in [0.1, 0.15) is 18.9 Å². The van der Waals surface area contributed by atoms with Crippen LogP contribution in [0.5, 0.6) is 5.75 Å². The van der Waals surface area contributed by atoms with E-state index in [-0.39, 0.29) is 17.4 Å². The van der Waals surface area contributed by atoms with Crippen LogP contribution in [0.25, 0.3) is 10.9 Å². The molecule has 0 bridgehead atoms. The number of aromatic hydroxyl groups is 1. The monoisotopic (exact) mass is 245 g/mol. The number of nitrogens with zero attached hydrogens (tertiary/aromatic N) is 2. The van der Waals surface area contributed by atoms with Gasteiger partial charge in [-0.25, -0.2) is 4.98 Å². The van der Waals surface area contributed by atoms with E-state index in [0.717, 1.165) is 25.9 Å². The van der Waals surface area contributed by atoms with Crippen LogP contribution in [0.2, 0.25) is 0 Å². The molecule has 2 N–H and O–H groups in total. The van der Waals surface area contributed by atoms with Crippen molar-refractivity contribution >= 4 is 10.9 Å². The van der Waals surface area contributed by atoms with E-state index >= 15 is 0 Å². The topological polar surface area (TPSA) is 67.1 Å². The van der Waals surface area contributed by atoms with E-state index in [1.54, 1.807) is 29.1 Å². The van der Waals surface area contributed by atoms with Gasteiger partial charge in [-0.2, -0.15) is 0 Å². The molecule has 1 unspecified atom stereocenters. The van der Waals surface area contributed by atoms with E-state index in [0.29, 0.717) is 10.9 Å². The normalized spacial score (nSPS) is 20.1. The van der Waals surface area contributed by atoms with E-state index in [4.69, 9.17) is 0 Å². The Hall–Kier alpha value is -1.88. The maximum atomic E-state index is 12.4. The molecular weight excluding hydrogens is 230 g/mol. The van der Waals surface area contributed by atoms with E-state index in [2.05, 4.69) is 10.3 Å². The Balaban J connectivity index is 2.14. The van der Waals surface area contributed by atoms with E-state index in [1.165, 1.54) is 0 Å². The molecule has 0 amide bonds. The molecule has 1 saturated heterocycles. The second-order valence-electron chi connectivity index (χ2n) is 4.63. The molecule has 94 valence electrons. The SMILES string of the molecule is O=c1c2cccc(O)c2ncn1C1CCCNC1. The molecule has 1 fully saturated rings. The zero-order valence-corrected chi connectivity index (χ0v) is 9.97. The molecular formula is C13H15N3O2. The molecule has 5 nitrogen and oxygen atoms in total. The van der Waals surface area contributed by atoms with Crippen LogP contribution >= 0.6 is 0 Å². The van der Waals surface area contributed by atoms with Crippen molar-refractivity contribution < 1.29 is 5.11 Å². The molecule has 0 saturated carbocycles. The predicted octanol–water partition coefficient (Wildman–Crippen LogP) is 1.03. The summed E-state index contributed by atoms with van der Waals surface area (Å²) in [7, 11) is 0. The second kappa shape index (κ2) is 4.42. The lowest BCUT2D eigenvalue weighted by molar-refractivity contribution is 0.362. The van der Waals surface area contributed by atoms with Gasteiger partial charge in [0.25, 0.3) is 5.56 Å². The van der Waals surface area contributed by atoms with Gasteiger partial charge in [0, 0.05) is 6.54 Å². The van der Waals surface area contributed by atoms with Gasteiger partial charge >= 0.3 is 0 Å². The van der Waals surface area contributed by atoms with Gasteiger partial charge in [0.05, 0.1) is 17.8 Å². The van der Waals surface area contributed by atoms with Crippen molar-refractivity contribution in [3.05, 3.63) is 34.9 Å². The van der Waals surface area contributed by atoms with Gasteiger partial charge in [0.15, 0.2) is 0 Å². The maximum Gasteiger partial charge on any atom is 0.261 e. The van der Waals surface area contributed by atoms with Gasteiger partial charge < -0.3 is 10.4 Å². The summed E-state index contributed by atoms with van der Waals surface area (Å²) in [5.74, 6) is 0.0542. The first-order valence-corrected chi connectivity index (χ1v) is 6.17. The quantitative estimate of drug-likeness (QED) is 0.787. The van der Waals surface area contributed by atoms with Crippen molar-refractivity contribution in [2.75, 3.05) is 13.1 Å². The highest BCUT2D eigenvalue weighted by atomic mass is 16.3. The zero-order chi connectivity index (χ0) is 12.5. The molecule has 1 aromatic heterocycles. The third kappa shape index (κ3) is 1.76. The lowest BCUT2D eigenvalue weighted by Crippen LogP contribution is -2.36. The highest BCUT2D eigenvalue weighted by Crippen LogP contribution is 2.20. The fraction of sp³-hybridized carbons (Fsp3) is 0.385. The van der Waals surface area contributed by atoms with Gasteiger partial charge in [0.1, 0.15) is 11.3 Å². The number of benzene rings is 1. The van der Waals surface area contributed by atoms with E-state index < -0.39 is 0 Å². The molecule has 0 radical (unpaired) electrons. The van der Waals surface area contributed by atoms with Crippen LogP contribution in [0.3, 0.4) is 0 Å². The van der Waals surface area contributed by atoms with Gasteiger partial charge in [-0.05, 0) is 31.5 Å². The lowest BCUT2D eigenvalue weighted by Gasteiger charge is -2.24. The molecule has 18 heavy (non-hydrogen) atoms. The molecule has 3 rings (SSSR count). The Morgan fingerprint density at radius 3 is 3.11 bits per heavy atom. The molecule has 1 aliphatic heterocycles. The second-order valence-corrected chi connectivity index (χ2v) is 4.63. The van der Waals surface area contributed by atoms with Gasteiger partial charge in [-0.3, -0.25) is 9.36 Å². The van der Waals surface area contributed by atoms with Crippen LogP contribution in [0.4, 0.5) is 0 Å². The third-order valence-electron chi connectivity index (χ3n) is 3.46. The predicted molar refractivity (Wildman–Crippen MR) is 68.8 cm³/mol. The number of phenols is 1. The number of rotatable bonds is 1. The van der Waals surface area contributed by atoms with Gasteiger partial charge in [0.2, 0.25) is 0 Å². The van der Waals surface area contributed by atoms with Crippen molar-refractivity contribution in [3.63, 3.8) is 0 Å². The Morgan fingerprint density at radius 2 is 2.33 bits per heavy atom. The number of fused-ring (bicyclic) bond motifs is 1. The minimum Gasteiger partial charge on any atom is -0.506 e. The third-order valence-corrected chi connectivity index (χ3v) is 3.46. The van der Waals surface area contributed by atoms with Gasteiger partial charge in [-0.1, -0.05) is 6.07 Å². The summed E-state index contributed by atoms with van der Waals surface area (Å²) in [5.41, 5.74) is 0.298. The lowest BCUT2D eigenvalue weighted by atomic mass is 10.1. The minimum absolute atomic E-state index is 0.0542. The highest BCUT2D eigenvalue weighted by molar-refractivity contribution is 5.82. The number of phenolic OH excluding ortho intramolecular Hbond substituents is 1.